The lowest BCUT2D eigenvalue weighted by molar-refractivity contribution is 0.616. The van der Waals surface area contributed by atoms with Crippen LogP contribution in [0.4, 0.5) is 10.1 Å². The molecule has 66 valence electrons. The Morgan fingerprint density at radius 1 is 1.54 bits per heavy atom. The summed E-state index contributed by atoms with van der Waals surface area (Å²) in [7, 11) is 0. The van der Waals surface area contributed by atoms with Gasteiger partial charge in [-0.2, -0.15) is 5.26 Å². The number of halogens is 1. The van der Waals surface area contributed by atoms with Crippen molar-refractivity contribution >= 4 is 5.69 Å². The van der Waals surface area contributed by atoms with Crippen LogP contribution in [0.15, 0.2) is 18.2 Å². The van der Waals surface area contributed by atoms with Gasteiger partial charge in [0.15, 0.2) is 0 Å². The van der Waals surface area contributed by atoms with Crippen LogP contribution in [0.3, 0.4) is 0 Å². The maximum atomic E-state index is 12.8. The van der Waals surface area contributed by atoms with Gasteiger partial charge in [-0.1, -0.05) is 0 Å². The number of nitrogens with zero attached hydrogens (tertiary/aromatic N) is 1. The second-order valence-corrected chi connectivity index (χ2v) is 3.21. The van der Waals surface area contributed by atoms with E-state index < -0.39 is 0 Å². The maximum absolute atomic E-state index is 12.8. The summed E-state index contributed by atoms with van der Waals surface area (Å²) in [6, 6.07) is 6.82. The Morgan fingerprint density at radius 3 is 3.15 bits per heavy atom. The van der Waals surface area contributed by atoms with Gasteiger partial charge in [0, 0.05) is 12.2 Å². The first-order chi connectivity index (χ1) is 6.29. The predicted octanol–water partition coefficient (Wildman–Crippen LogP) is 1.93. The molecule has 1 aromatic rings. The molecule has 1 heterocycles. The number of hydrogen-bond acceptors (Lipinski definition) is 2. The van der Waals surface area contributed by atoms with Gasteiger partial charge in [0.1, 0.15) is 5.82 Å². The molecule has 0 fully saturated rings. The second-order valence-electron chi connectivity index (χ2n) is 3.21. The van der Waals surface area contributed by atoms with Crippen molar-refractivity contribution in [2.24, 2.45) is 5.92 Å². The molecule has 1 aliphatic heterocycles. The molecule has 2 rings (SSSR count). The van der Waals surface area contributed by atoms with Crippen molar-refractivity contribution in [2.45, 2.75) is 6.42 Å². The molecule has 0 aliphatic carbocycles. The smallest absolute Gasteiger partial charge is 0.123 e. The molecule has 1 aromatic carbocycles. The Bertz CT molecular complexity index is 368. The molecule has 0 saturated heterocycles. The SMILES string of the molecule is N#CC1CNc2ccc(F)cc2C1. The van der Waals surface area contributed by atoms with Crippen LogP contribution < -0.4 is 5.32 Å². The van der Waals surface area contributed by atoms with E-state index in [1.54, 1.807) is 6.07 Å². The van der Waals surface area contributed by atoms with Crippen LogP contribution in [0.2, 0.25) is 0 Å². The van der Waals surface area contributed by atoms with E-state index in [9.17, 15) is 4.39 Å². The van der Waals surface area contributed by atoms with E-state index >= 15 is 0 Å². The minimum Gasteiger partial charge on any atom is -0.383 e. The molecule has 0 saturated carbocycles. The largest absolute Gasteiger partial charge is 0.383 e. The third-order valence-corrected chi connectivity index (χ3v) is 2.26. The van der Waals surface area contributed by atoms with Crippen LogP contribution in [0.1, 0.15) is 5.56 Å². The molecule has 0 amide bonds. The van der Waals surface area contributed by atoms with Gasteiger partial charge in [0.2, 0.25) is 0 Å². The molecule has 13 heavy (non-hydrogen) atoms. The summed E-state index contributed by atoms with van der Waals surface area (Å²) >= 11 is 0. The number of benzene rings is 1. The lowest BCUT2D eigenvalue weighted by atomic mass is 9.95. The first-order valence-electron chi connectivity index (χ1n) is 4.21. The van der Waals surface area contributed by atoms with Gasteiger partial charge in [0.25, 0.3) is 0 Å². The van der Waals surface area contributed by atoms with Crippen molar-refractivity contribution < 1.29 is 4.39 Å². The zero-order valence-corrected chi connectivity index (χ0v) is 7.05. The van der Waals surface area contributed by atoms with Crippen molar-refractivity contribution in [3.8, 4) is 6.07 Å². The first-order valence-corrected chi connectivity index (χ1v) is 4.21. The fourth-order valence-electron chi connectivity index (χ4n) is 1.57. The van der Waals surface area contributed by atoms with E-state index in [0.717, 1.165) is 11.3 Å². The third kappa shape index (κ3) is 1.48. The summed E-state index contributed by atoms with van der Waals surface area (Å²) in [6.07, 6.45) is 0.649. The highest BCUT2D eigenvalue weighted by molar-refractivity contribution is 5.53. The molecule has 2 nitrogen and oxygen atoms in total. The molecule has 3 heteroatoms. The molecule has 0 radical (unpaired) electrons. The van der Waals surface area contributed by atoms with Gasteiger partial charge in [-0.25, -0.2) is 4.39 Å². The fraction of sp³-hybridized carbons (Fsp3) is 0.300. The van der Waals surface area contributed by atoms with E-state index in [-0.39, 0.29) is 11.7 Å². The van der Waals surface area contributed by atoms with Crippen molar-refractivity contribution in [1.82, 2.24) is 0 Å². The monoisotopic (exact) mass is 176 g/mol. The van der Waals surface area contributed by atoms with Gasteiger partial charge >= 0.3 is 0 Å². The molecule has 1 aliphatic rings. The van der Waals surface area contributed by atoms with Crippen molar-refractivity contribution in [2.75, 3.05) is 11.9 Å². The molecule has 1 atom stereocenters. The lowest BCUT2D eigenvalue weighted by Crippen LogP contribution is -2.21. The third-order valence-electron chi connectivity index (χ3n) is 2.26. The van der Waals surface area contributed by atoms with Crippen LogP contribution in [0, 0.1) is 23.1 Å². The average Bonchev–Trinajstić information content (AvgIpc) is 2.16. The van der Waals surface area contributed by atoms with Crippen LogP contribution >= 0.6 is 0 Å². The Balaban J connectivity index is 2.34. The quantitative estimate of drug-likeness (QED) is 0.655. The molecule has 1 unspecified atom stereocenters. The molecule has 0 bridgehead atoms. The second kappa shape index (κ2) is 3.06. The van der Waals surface area contributed by atoms with Crippen molar-refractivity contribution in [1.29, 1.82) is 5.26 Å². The van der Waals surface area contributed by atoms with Crippen LogP contribution in [-0.4, -0.2) is 6.54 Å². The highest BCUT2D eigenvalue weighted by Crippen LogP contribution is 2.24. The summed E-state index contributed by atoms with van der Waals surface area (Å²) in [6.45, 7) is 0.662. The lowest BCUT2D eigenvalue weighted by Gasteiger charge is -2.21. The highest BCUT2D eigenvalue weighted by Gasteiger charge is 2.17. The molecule has 0 aromatic heterocycles. The van der Waals surface area contributed by atoms with Crippen LogP contribution in [-0.2, 0) is 6.42 Å². The van der Waals surface area contributed by atoms with Crippen molar-refractivity contribution in [3.63, 3.8) is 0 Å². The van der Waals surface area contributed by atoms with Gasteiger partial charge < -0.3 is 5.32 Å². The highest BCUT2D eigenvalue weighted by atomic mass is 19.1. The summed E-state index contributed by atoms with van der Waals surface area (Å²) in [4.78, 5) is 0. The Labute approximate surface area is 76.0 Å². The van der Waals surface area contributed by atoms with Gasteiger partial charge in [-0.15, -0.1) is 0 Å². The van der Waals surface area contributed by atoms with Crippen molar-refractivity contribution in [3.05, 3.63) is 29.6 Å². The fourth-order valence-corrected chi connectivity index (χ4v) is 1.57. The number of nitriles is 1. The minimum absolute atomic E-state index is 0.0331. The maximum Gasteiger partial charge on any atom is 0.123 e. The number of fused-ring (bicyclic) bond motifs is 1. The normalized spacial score (nSPS) is 19.8. The number of rotatable bonds is 0. The summed E-state index contributed by atoms with van der Waals surface area (Å²) in [5.74, 6) is -0.270. The Hall–Kier alpha value is -1.56. The zero-order chi connectivity index (χ0) is 9.26. The number of nitrogens with one attached hydrogen (secondary N) is 1. The Morgan fingerprint density at radius 2 is 2.38 bits per heavy atom. The van der Waals surface area contributed by atoms with E-state index in [2.05, 4.69) is 11.4 Å². The summed E-state index contributed by atoms with van der Waals surface area (Å²) in [5.41, 5.74) is 1.85. The topological polar surface area (TPSA) is 35.8 Å². The molecule has 1 N–H and O–H groups in total. The molecular weight excluding hydrogens is 167 g/mol. The Kier molecular flexibility index (Phi) is 1.90. The standard InChI is InChI=1S/C10H9FN2/c11-9-1-2-10-8(4-9)3-7(5-12)6-13-10/h1-2,4,7,13H,3,6H2. The number of hydrogen-bond donors (Lipinski definition) is 1. The number of anilines is 1. The summed E-state index contributed by atoms with van der Waals surface area (Å²) in [5, 5.41) is 11.8. The van der Waals surface area contributed by atoms with Gasteiger partial charge in [-0.05, 0) is 30.2 Å². The minimum atomic E-state index is -0.237. The van der Waals surface area contributed by atoms with E-state index in [1.165, 1.54) is 12.1 Å². The van der Waals surface area contributed by atoms with E-state index in [0.29, 0.717) is 13.0 Å². The summed E-state index contributed by atoms with van der Waals surface area (Å²) < 4.78 is 12.8. The zero-order valence-electron chi connectivity index (χ0n) is 7.05. The van der Waals surface area contributed by atoms with Gasteiger partial charge in [-0.3, -0.25) is 0 Å². The van der Waals surface area contributed by atoms with E-state index in [4.69, 9.17) is 5.26 Å². The molecular formula is C10H9FN2. The van der Waals surface area contributed by atoms with E-state index in [1.807, 2.05) is 0 Å². The predicted molar refractivity (Wildman–Crippen MR) is 47.7 cm³/mol. The van der Waals surface area contributed by atoms with Gasteiger partial charge in [0.05, 0.1) is 12.0 Å². The molecule has 0 spiro atoms. The first kappa shape index (κ1) is 8.06. The average molecular weight is 176 g/mol. The van der Waals surface area contributed by atoms with Crippen LogP contribution in [0.5, 0.6) is 0 Å². The van der Waals surface area contributed by atoms with Crippen LogP contribution in [0.25, 0.3) is 0 Å².